The van der Waals surface area contributed by atoms with Gasteiger partial charge in [0, 0.05) is 17.0 Å². The Balaban J connectivity index is 1.48. The van der Waals surface area contributed by atoms with Gasteiger partial charge in [-0.2, -0.15) is 0 Å². The second-order valence-corrected chi connectivity index (χ2v) is 10.7. The number of Topliss-reactive ketones (excluding diaryl/α,β-unsaturated/α-hetero) is 1. The lowest BCUT2D eigenvalue weighted by Gasteiger charge is -2.26. The van der Waals surface area contributed by atoms with E-state index >= 15 is 0 Å². The third-order valence-corrected chi connectivity index (χ3v) is 8.10. The van der Waals surface area contributed by atoms with Gasteiger partial charge in [-0.25, -0.2) is 8.42 Å². The van der Waals surface area contributed by atoms with Crippen LogP contribution in [0.1, 0.15) is 29.3 Å². The molecule has 2 aromatic carbocycles. The topological polar surface area (TPSA) is 66.8 Å². The quantitative estimate of drug-likeness (QED) is 0.520. The van der Waals surface area contributed by atoms with Gasteiger partial charge < -0.3 is 4.90 Å². The third-order valence-electron chi connectivity index (χ3n) is 5.34. The molecule has 0 amide bonds. The van der Waals surface area contributed by atoms with Crippen LogP contribution in [0.5, 0.6) is 0 Å². The number of benzene rings is 2. The maximum atomic E-state index is 12.1. The summed E-state index contributed by atoms with van der Waals surface area (Å²) in [6.45, 7) is 1.54. The number of aliphatic imine (C=N–C) groups is 1. The van der Waals surface area contributed by atoms with Crippen molar-refractivity contribution in [3.8, 4) is 0 Å². The second kappa shape index (κ2) is 8.32. The van der Waals surface area contributed by atoms with Crippen LogP contribution in [0, 0.1) is 0 Å². The molecule has 1 saturated heterocycles. The number of amidine groups is 1. The van der Waals surface area contributed by atoms with Crippen LogP contribution >= 0.6 is 11.8 Å². The highest BCUT2D eigenvalue weighted by Crippen LogP contribution is 2.35. The lowest BCUT2D eigenvalue weighted by atomic mass is 10.1. The van der Waals surface area contributed by atoms with Crippen LogP contribution in [0.25, 0.3) is 0 Å². The van der Waals surface area contributed by atoms with E-state index in [0.717, 1.165) is 29.4 Å². The number of carbonyl (C=O) groups is 1. The molecule has 0 saturated carbocycles. The Bertz CT molecular complexity index is 1020. The van der Waals surface area contributed by atoms with E-state index in [1.54, 1.807) is 30.8 Å². The maximum Gasteiger partial charge on any atom is 0.164 e. The normalized spacial score (nSPS) is 22.4. The number of hydrogen-bond donors (Lipinski definition) is 0. The molecule has 0 spiro atoms. The molecule has 2 aromatic rings. The summed E-state index contributed by atoms with van der Waals surface area (Å²) in [6, 6.07) is 17.4. The Morgan fingerprint density at radius 2 is 1.83 bits per heavy atom. The summed E-state index contributed by atoms with van der Waals surface area (Å²) < 4.78 is 24.3. The molecule has 0 unspecified atom stereocenters. The van der Waals surface area contributed by atoms with Crippen LogP contribution in [0.2, 0.25) is 0 Å². The van der Waals surface area contributed by atoms with E-state index in [0.29, 0.717) is 5.56 Å². The average Bonchev–Trinajstić information content (AvgIpc) is 3.17. The molecular formula is C22H24N2O3S2. The zero-order chi connectivity index (χ0) is 20.4. The highest BCUT2D eigenvalue weighted by atomic mass is 32.2. The fraction of sp³-hybridized carbons (Fsp3) is 0.364. The van der Waals surface area contributed by atoms with E-state index in [9.17, 15) is 13.2 Å². The van der Waals surface area contributed by atoms with Gasteiger partial charge in [-0.1, -0.05) is 42.1 Å². The predicted octanol–water partition coefficient (Wildman–Crippen LogP) is 3.60. The number of thioether (sulfide) groups is 1. The number of anilines is 1. The lowest BCUT2D eigenvalue weighted by molar-refractivity contribution is 0.101. The highest BCUT2D eigenvalue weighted by Gasteiger charge is 2.47. The Kier molecular flexibility index (Phi) is 5.79. The van der Waals surface area contributed by atoms with Crippen molar-refractivity contribution in [3.63, 3.8) is 0 Å². The number of rotatable bonds is 6. The number of aryl methyl sites for hydroxylation is 1. The van der Waals surface area contributed by atoms with Crippen molar-refractivity contribution in [3.05, 3.63) is 65.7 Å². The molecule has 0 aliphatic carbocycles. The third kappa shape index (κ3) is 4.56. The molecule has 1 fully saturated rings. The number of ketones is 1. The number of sulfone groups is 1. The Hall–Kier alpha value is -2.12. The van der Waals surface area contributed by atoms with Gasteiger partial charge >= 0.3 is 0 Å². The fourth-order valence-corrected chi connectivity index (χ4v) is 6.78. The molecule has 29 heavy (non-hydrogen) atoms. The van der Waals surface area contributed by atoms with Crippen molar-refractivity contribution in [1.29, 1.82) is 0 Å². The van der Waals surface area contributed by atoms with Crippen LogP contribution in [0.3, 0.4) is 0 Å². The van der Waals surface area contributed by atoms with Gasteiger partial charge in [-0.15, -0.1) is 0 Å². The van der Waals surface area contributed by atoms with E-state index in [1.807, 2.05) is 18.2 Å². The number of fused-ring (bicyclic) bond motifs is 1. The minimum Gasteiger partial charge on any atom is -0.315 e. The van der Waals surface area contributed by atoms with E-state index < -0.39 is 9.84 Å². The van der Waals surface area contributed by atoms with Gasteiger partial charge in [0.05, 0.1) is 23.6 Å². The molecule has 0 N–H and O–H groups in total. The Morgan fingerprint density at radius 1 is 1.10 bits per heavy atom. The molecule has 2 atom stereocenters. The lowest BCUT2D eigenvalue weighted by Crippen LogP contribution is -2.39. The number of nitrogens with zero attached hydrogens (tertiary/aromatic N) is 2. The van der Waals surface area contributed by atoms with Crippen molar-refractivity contribution in [2.75, 3.05) is 22.2 Å². The molecule has 2 heterocycles. The van der Waals surface area contributed by atoms with Gasteiger partial charge in [-0.3, -0.25) is 9.79 Å². The van der Waals surface area contributed by atoms with Gasteiger partial charge in [0.25, 0.3) is 0 Å². The van der Waals surface area contributed by atoms with E-state index in [1.165, 1.54) is 5.56 Å². The molecule has 0 radical (unpaired) electrons. The van der Waals surface area contributed by atoms with Crippen LogP contribution in [-0.4, -0.2) is 48.7 Å². The molecule has 7 heteroatoms. The summed E-state index contributed by atoms with van der Waals surface area (Å²) in [5.74, 6) is 1.18. The minimum atomic E-state index is -3.06. The smallest absolute Gasteiger partial charge is 0.164 e. The minimum absolute atomic E-state index is 0.0171. The average molecular weight is 429 g/mol. The summed E-state index contributed by atoms with van der Waals surface area (Å²) in [6.07, 6.45) is 2.04. The van der Waals surface area contributed by atoms with Gasteiger partial charge in [0.1, 0.15) is 0 Å². The molecule has 5 nitrogen and oxygen atoms in total. The van der Waals surface area contributed by atoms with Gasteiger partial charge in [0.2, 0.25) is 0 Å². The molecule has 2 aliphatic rings. The molecule has 0 bridgehead atoms. The first-order chi connectivity index (χ1) is 13.9. The second-order valence-electron chi connectivity index (χ2n) is 7.53. The maximum absolute atomic E-state index is 12.1. The Morgan fingerprint density at radius 3 is 2.52 bits per heavy atom. The van der Waals surface area contributed by atoms with Crippen LogP contribution in [-0.2, 0) is 16.3 Å². The van der Waals surface area contributed by atoms with Crippen molar-refractivity contribution in [2.24, 2.45) is 4.99 Å². The summed E-state index contributed by atoms with van der Waals surface area (Å²) in [5, 5.41) is 0.888. The van der Waals surface area contributed by atoms with Gasteiger partial charge in [0.15, 0.2) is 20.8 Å². The van der Waals surface area contributed by atoms with Crippen molar-refractivity contribution in [2.45, 2.75) is 31.8 Å². The van der Waals surface area contributed by atoms with Gasteiger partial charge in [-0.05, 0) is 49.6 Å². The highest BCUT2D eigenvalue weighted by molar-refractivity contribution is 8.14. The molecule has 0 aromatic heterocycles. The summed E-state index contributed by atoms with van der Waals surface area (Å²) in [5.41, 5.74) is 2.87. The number of hydrogen-bond acceptors (Lipinski definition) is 6. The summed E-state index contributed by atoms with van der Waals surface area (Å²) in [4.78, 5) is 18.4. The van der Waals surface area contributed by atoms with Crippen molar-refractivity contribution in [1.82, 2.24) is 0 Å². The Labute approximate surface area is 176 Å². The first-order valence-corrected chi connectivity index (χ1v) is 12.6. The van der Waals surface area contributed by atoms with Crippen LogP contribution < -0.4 is 4.90 Å². The first kappa shape index (κ1) is 20.2. The zero-order valence-electron chi connectivity index (χ0n) is 16.3. The summed E-state index contributed by atoms with van der Waals surface area (Å²) >= 11 is 1.69. The molecule has 152 valence electrons. The predicted molar refractivity (Wildman–Crippen MR) is 120 cm³/mol. The molecule has 4 rings (SSSR count). The largest absolute Gasteiger partial charge is 0.315 e. The van der Waals surface area contributed by atoms with E-state index in [4.69, 9.17) is 4.99 Å². The van der Waals surface area contributed by atoms with E-state index in [2.05, 4.69) is 29.2 Å². The van der Waals surface area contributed by atoms with Crippen molar-refractivity contribution < 1.29 is 13.2 Å². The standard InChI is InChI=1S/C22H24N2O3S2/c1-16(25)18-9-11-19(12-10-18)24-21-15-29(26,27)14-20(21)23-22(24)28-13-5-8-17-6-3-2-4-7-17/h2-4,6-7,9-12,20-21H,5,8,13-15H2,1H3/t20-,21-/m1/s1. The number of carbonyl (C=O) groups excluding carboxylic acids is 1. The fourth-order valence-electron chi connectivity index (χ4n) is 3.88. The van der Waals surface area contributed by atoms with Crippen LogP contribution in [0.15, 0.2) is 59.6 Å². The zero-order valence-corrected chi connectivity index (χ0v) is 18.0. The monoisotopic (exact) mass is 428 g/mol. The molecule has 2 aliphatic heterocycles. The summed E-state index contributed by atoms with van der Waals surface area (Å²) in [7, 11) is -3.06. The van der Waals surface area contributed by atoms with Crippen molar-refractivity contribution >= 4 is 38.2 Å². The first-order valence-electron chi connectivity index (χ1n) is 9.78. The van der Waals surface area contributed by atoms with E-state index in [-0.39, 0.29) is 29.4 Å². The van der Waals surface area contributed by atoms with Crippen LogP contribution in [0.4, 0.5) is 5.69 Å². The SMILES string of the molecule is CC(=O)c1ccc(N2C(SCCCc3ccccc3)=N[C@@H]3CS(=O)(=O)C[C@H]32)cc1. The molecular weight excluding hydrogens is 404 g/mol.